The molecule has 1 unspecified atom stereocenters. The fourth-order valence-electron chi connectivity index (χ4n) is 2.03. The molecule has 1 aromatic heterocycles. The molecule has 1 aliphatic heterocycles. The number of nitrogens with zero attached hydrogens (tertiary/aromatic N) is 3. The predicted octanol–water partition coefficient (Wildman–Crippen LogP) is 0.869. The molecular formula is C11H17N3O3S. The van der Waals surface area contributed by atoms with Crippen molar-refractivity contribution >= 4 is 22.6 Å². The molecule has 0 aliphatic carbocycles. The number of aromatic nitrogens is 2. The van der Waals surface area contributed by atoms with Gasteiger partial charge in [-0.1, -0.05) is 0 Å². The van der Waals surface area contributed by atoms with Crippen LogP contribution in [-0.4, -0.2) is 48.7 Å². The summed E-state index contributed by atoms with van der Waals surface area (Å²) in [7, 11) is 3.07. The van der Waals surface area contributed by atoms with Crippen LogP contribution in [-0.2, 0) is 20.7 Å². The minimum atomic E-state index is -0.210. The van der Waals surface area contributed by atoms with Gasteiger partial charge in [-0.2, -0.15) is 4.37 Å². The van der Waals surface area contributed by atoms with Crippen LogP contribution >= 0.6 is 11.5 Å². The van der Waals surface area contributed by atoms with E-state index in [0.29, 0.717) is 13.0 Å². The molecule has 7 heteroatoms. The summed E-state index contributed by atoms with van der Waals surface area (Å²) in [5, 5.41) is 0.800. The Morgan fingerprint density at radius 1 is 1.56 bits per heavy atom. The largest absolute Gasteiger partial charge is 0.467 e. The average Bonchev–Trinajstić information content (AvgIpc) is 3.03. The normalized spacial score (nSPS) is 19.2. The zero-order valence-corrected chi connectivity index (χ0v) is 11.4. The van der Waals surface area contributed by atoms with E-state index in [1.54, 1.807) is 7.11 Å². The van der Waals surface area contributed by atoms with E-state index >= 15 is 0 Å². The molecule has 0 N–H and O–H groups in total. The van der Waals surface area contributed by atoms with E-state index in [9.17, 15) is 4.79 Å². The molecule has 1 fully saturated rings. The van der Waals surface area contributed by atoms with Crippen molar-refractivity contribution in [3.8, 4) is 0 Å². The SMILES string of the molecule is COCCc1nsc(N2CCCC2C(=O)OC)n1. The van der Waals surface area contributed by atoms with E-state index in [0.717, 1.165) is 30.3 Å². The molecule has 1 saturated heterocycles. The molecule has 18 heavy (non-hydrogen) atoms. The number of esters is 1. The predicted molar refractivity (Wildman–Crippen MR) is 67.9 cm³/mol. The van der Waals surface area contributed by atoms with Crippen LogP contribution in [0.15, 0.2) is 0 Å². The fourth-order valence-corrected chi connectivity index (χ4v) is 2.82. The number of anilines is 1. The van der Waals surface area contributed by atoms with E-state index in [-0.39, 0.29) is 12.0 Å². The van der Waals surface area contributed by atoms with Gasteiger partial charge in [-0.05, 0) is 12.8 Å². The van der Waals surface area contributed by atoms with Crippen molar-refractivity contribution in [2.75, 3.05) is 32.3 Å². The lowest BCUT2D eigenvalue weighted by molar-refractivity contribution is -0.141. The highest BCUT2D eigenvalue weighted by molar-refractivity contribution is 7.09. The third kappa shape index (κ3) is 2.78. The van der Waals surface area contributed by atoms with Gasteiger partial charge in [-0.25, -0.2) is 9.78 Å². The molecule has 6 nitrogen and oxygen atoms in total. The van der Waals surface area contributed by atoms with E-state index in [1.807, 2.05) is 4.90 Å². The summed E-state index contributed by atoms with van der Waals surface area (Å²) in [5.41, 5.74) is 0. The summed E-state index contributed by atoms with van der Waals surface area (Å²) >= 11 is 1.33. The summed E-state index contributed by atoms with van der Waals surface area (Å²) in [6.45, 7) is 1.44. The van der Waals surface area contributed by atoms with Crippen molar-refractivity contribution in [2.45, 2.75) is 25.3 Å². The monoisotopic (exact) mass is 271 g/mol. The average molecular weight is 271 g/mol. The van der Waals surface area contributed by atoms with Crippen LogP contribution in [0, 0.1) is 0 Å². The van der Waals surface area contributed by atoms with Gasteiger partial charge in [0.1, 0.15) is 11.9 Å². The maximum Gasteiger partial charge on any atom is 0.328 e. The third-order valence-corrected chi connectivity index (χ3v) is 3.75. The lowest BCUT2D eigenvalue weighted by Crippen LogP contribution is -2.36. The van der Waals surface area contributed by atoms with Gasteiger partial charge in [0.2, 0.25) is 5.13 Å². The van der Waals surface area contributed by atoms with Gasteiger partial charge in [0.05, 0.1) is 13.7 Å². The van der Waals surface area contributed by atoms with Crippen molar-refractivity contribution in [1.29, 1.82) is 0 Å². The first kappa shape index (κ1) is 13.2. The first-order valence-electron chi connectivity index (χ1n) is 5.92. The van der Waals surface area contributed by atoms with Gasteiger partial charge in [-0.15, -0.1) is 0 Å². The number of hydrogen-bond donors (Lipinski definition) is 0. The molecule has 0 bridgehead atoms. The van der Waals surface area contributed by atoms with E-state index in [1.165, 1.54) is 18.6 Å². The Labute approximate surface area is 110 Å². The van der Waals surface area contributed by atoms with Gasteiger partial charge < -0.3 is 14.4 Å². The third-order valence-electron chi connectivity index (χ3n) is 2.96. The number of rotatable bonds is 5. The highest BCUT2D eigenvalue weighted by Crippen LogP contribution is 2.27. The highest BCUT2D eigenvalue weighted by Gasteiger charge is 2.33. The molecular weight excluding hydrogens is 254 g/mol. The summed E-state index contributed by atoms with van der Waals surface area (Å²) in [6.07, 6.45) is 2.50. The molecule has 1 aliphatic rings. The Hall–Kier alpha value is -1.21. The smallest absolute Gasteiger partial charge is 0.328 e. The maximum absolute atomic E-state index is 11.6. The molecule has 100 valence electrons. The molecule has 0 saturated carbocycles. The Kier molecular flexibility index (Phi) is 4.48. The molecule has 0 spiro atoms. The van der Waals surface area contributed by atoms with Crippen LogP contribution in [0.25, 0.3) is 0 Å². The second-order valence-corrected chi connectivity index (χ2v) is 4.84. The Morgan fingerprint density at radius 3 is 3.11 bits per heavy atom. The summed E-state index contributed by atoms with van der Waals surface area (Å²) in [6, 6.07) is -0.210. The standard InChI is InChI=1S/C11H17N3O3S/c1-16-7-5-9-12-11(18-13-9)14-6-3-4-8(14)10(15)17-2/h8H,3-7H2,1-2H3. The lowest BCUT2D eigenvalue weighted by Gasteiger charge is -2.20. The molecule has 0 radical (unpaired) electrons. The number of methoxy groups -OCH3 is 2. The fraction of sp³-hybridized carbons (Fsp3) is 0.727. The minimum Gasteiger partial charge on any atom is -0.467 e. The van der Waals surface area contributed by atoms with Crippen LogP contribution in [0.3, 0.4) is 0 Å². The molecule has 1 atom stereocenters. The van der Waals surface area contributed by atoms with Gasteiger partial charge in [-0.3, -0.25) is 0 Å². The first-order valence-corrected chi connectivity index (χ1v) is 6.69. The zero-order valence-electron chi connectivity index (χ0n) is 10.6. The Balaban J connectivity index is 2.05. The van der Waals surface area contributed by atoms with Gasteiger partial charge in [0.15, 0.2) is 0 Å². The van der Waals surface area contributed by atoms with Crippen molar-refractivity contribution < 1.29 is 14.3 Å². The van der Waals surface area contributed by atoms with Crippen molar-refractivity contribution in [3.63, 3.8) is 0 Å². The molecule has 0 aromatic carbocycles. The van der Waals surface area contributed by atoms with Gasteiger partial charge in [0.25, 0.3) is 0 Å². The summed E-state index contributed by atoms with van der Waals surface area (Å²) in [4.78, 5) is 18.1. The van der Waals surface area contributed by atoms with Crippen LogP contribution in [0.1, 0.15) is 18.7 Å². The second kappa shape index (κ2) is 6.10. The summed E-state index contributed by atoms with van der Waals surface area (Å²) in [5.74, 6) is 0.577. The van der Waals surface area contributed by atoms with Crippen molar-refractivity contribution in [2.24, 2.45) is 0 Å². The van der Waals surface area contributed by atoms with E-state index < -0.39 is 0 Å². The van der Waals surface area contributed by atoms with E-state index in [4.69, 9.17) is 9.47 Å². The molecule has 2 heterocycles. The van der Waals surface area contributed by atoms with Crippen LogP contribution in [0.4, 0.5) is 5.13 Å². The topological polar surface area (TPSA) is 64.5 Å². The zero-order chi connectivity index (χ0) is 13.0. The van der Waals surface area contributed by atoms with Crippen LogP contribution < -0.4 is 4.90 Å². The van der Waals surface area contributed by atoms with E-state index in [2.05, 4.69) is 9.36 Å². The highest BCUT2D eigenvalue weighted by atomic mass is 32.1. The lowest BCUT2D eigenvalue weighted by atomic mass is 10.2. The van der Waals surface area contributed by atoms with Gasteiger partial charge in [0, 0.05) is 31.6 Å². The van der Waals surface area contributed by atoms with Gasteiger partial charge >= 0.3 is 5.97 Å². The van der Waals surface area contributed by atoms with Crippen LogP contribution in [0.5, 0.6) is 0 Å². The summed E-state index contributed by atoms with van der Waals surface area (Å²) < 4.78 is 14.1. The number of carbonyl (C=O) groups excluding carboxylic acids is 1. The molecule has 1 aromatic rings. The molecule has 0 amide bonds. The van der Waals surface area contributed by atoms with Crippen molar-refractivity contribution in [1.82, 2.24) is 9.36 Å². The number of carbonyl (C=O) groups is 1. The molecule has 2 rings (SSSR count). The number of hydrogen-bond acceptors (Lipinski definition) is 7. The minimum absolute atomic E-state index is 0.193. The second-order valence-electron chi connectivity index (χ2n) is 4.11. The number of ether oxygens (including phenoxy) is 2. The van der Waals surface area contributed by atoms with Crippen molar-refractivity contribution in [3.05, 3.63) is 5.82 Å². The quantitative estimate of drug-likeness (QED) is 0.740. The first-order chi connectivity index (χ1) is 8.76. The maximum atomic E-state index is 11.6. The Bertz CT molecular complexity index is 410. The Morgan fingerprint density at radius 2 is 2.39 bits per heavy atom. The van der Waals surface area contributed by atoms with Crippen LogP contribution in [0.2, 0.25) is 0 Å².